The molecule has 2 N–H and O–H groups in total. The minimum atomic E-state index is -0.309. The molecule has 2 heteroatoms. The number of nitrogens with two attached hydrogens (primary N) is 1. The molecule has 0 unspecified atom stereocenters. The van der Waals surface area contributed by atoms with Gasteiger partial charge in [-0.1, -0.05) is 113 Å². The van der Waals surface area contributed by atoms with Gasteiger partial charge in [0.15, 0.2) is 0 Å². The topological polar surface area (TPSA) is 43.1 Å². The van der Waals surface area contributed by atoms with Crippen molar-refractivity contribution < 1.29 is 4.79 Å². The van der Waals surface area contributed by atoms with Gasteiger partial charge in [-0.2, -0.15) is 0 Å². The summed E-state index contributed by atoms with van der Waals surface area (Å²) in [6.45, 7) is 2.27. The van der Waals surface area contributed by atoms with Gasteiger partial charge in [-0.15, -0.1) is 0 Å². The third-order valence-corrected chi connectivity index (χ3v) is 6.22. The molecule has 0 radical (unpaired) electrons. The Kier molecular flexibility index (Phi) is 12.7. The number of hydrogen-bond acceptors (Lipinski definition) is 1. The van der Waals surface area contributed by atoms with Crippen LogP contribution in [0.2, 0.25) is 0 Å². The van der Waals surface area contributed by atoms with Crippen LogP contribution in [-0.4, -0.2) is 5.91 Å². The zero-order valence-corrected chi connectivity index (χ0v) is 19.7. The Morgan fingerprint density at radius 1 is 0.742 bits per heavy atom. The van der Waals surface area contributed by atoms with Crippen LogP contribution in [-0.2, 0) is 6.42 Å². The SMILES string of the molecule is CCCCCCCC/C=C\CCCCCCCCc1ccc2ccccc2c1C(N)=O. The van der Waals surface area contributed by atoms with Gasteiger partial charge in [0.05, 0.1) is 5.56 Å². The van der Waals surface area contributed by atoms with Crippen LogP contribution >= 0.6 is 0 Å². The predicted molar refractivity (Wildman–Crippen MR) is 136 cm³/mol. The summed E-state index contributed by atoms with van der Waals surface area (Å²) in [7, 11) is 0. The Morgan fingerprint density at radius 2 is 1.32 bits per heavy atom. The van der Waals surface area contributed by atoms with Gasteiger partial charge in [-0.25, -0.2) is 0 Å². The Hall–Kier alpha value is -2.09. The molecule has 0 bridgehead atoms. The highest BCUT2D eigenvalue weighted by atomic mass is 16.1. The summed E-state index contributed by atoms with van der Waals surface area (Å²) in [5, 5.41) is 2.07. The van der Waals surface area contributed by atoms with Gasteiger partial charge < -0.3 is 5.73 Å². The van der Waals surface area contributed by atoms with E-state index in [1.54, 1.807) is 0 Å². The van der Waals surface area contributed by atoms with E-state index in [-0.39, 0.29) is 5.91 Å². The molecule has 0 aliphatic rings. The molecule has 0 atom stereocenters. The van der Waals surface area contributed by atoms with Crippen molar-refractivity contribution in [2.45, 2.75) is 103 Å². The number of carbonyl (C=O) groups excluding carboxylic acids is 1. The van der Waals surface area contributed by atoms with Crippen molar-refractivity contribution in [3.8, 4) is 0 Å². The van der Waals surface area contributed by atoms with Crippen molar-refractivity contribution in [1.29, 1.82) is 0 Å². The lowest BCUT2D eigenvalue weighted by atomic mass is 9.94. The van der Waals surface area contributed by atoms with Gasteiger partial charge in [0.1, 0.15) is 0 Å². The van der Waals surface area contributed by atoms with E-state index in [1.165, 1.54) is 83.5 Å². The monoisotopic (exact) mass is 421 g/mol. The summed E-state index contributed by atoms with van der Waals surface area (Å²) in [5.74, 6) is -0.309. The Morgan fingerprint density at radius 3 is 1.97 bits per heavy atom. The summed E-state index contributed by atoms with van der Waals surface area (Å²) in [5.41, 5.74) is 7.51. The van der Waals surface area contributed by atoms with Crippen molar-refractivity contribution in [1.82, 2.24) is 0 Å². The first-order valence-corrected chi connectivity index (χ1v) is 12.7. The maximum atomic E-state index is 12.0. The molecule has 0 aliphatic carbocycles. The van der Waals surface area contributed by atoms with Gasteiger partial charge >= 0.3 is 0 Å². The van der Waals surface area contributed by atoms with E-state index in [1.807, 2.05) is 24.3 Å². The average Bonchev–Trinajstić information content (AvgIpc) is 2.78. The van der Waals surface area contributed by atoms with E-state index in [4.69, 9.17) is 5.73 Å². The van der Waals surface area contributed by atoms with Crippen molar-refractivity contribution >= 4 is 16.7 Å². The van der Waals surface area contributed by atoms with Crippen molar-refractivity contribution in [3.05, 3.63) is 59.7 Å². The molecule has 0 aliphatic heterocycles. The Balaban J connectivity index is 1.53. The second-order valence-electron chi connectivity index (χ2n) is 8.87. The van der Waals surface area contributed by atoms with E-state index < -0.39 is 0 Å². The van der Waals surface area contributed by atoms with Gasteiger partial charge in [0, 0.05) is 0 Å². The number of primary amides is 1. The Bertz CT molecular complexity index is 792. The molecule has 31 heavy (non-hydrogen) atoms. The van der Waals surface area contributed by atoms with E-state index in [0.29, 0.717) is 5.56 Å². The smallest absolute Gasteiger partial charge is 0.249 e. The molecule has 1 amide bonds. The van der Waals surface area contributed by atoms with Crippen LogP contribution in [0.25, 0.3) is 10.8 Å². The lowest BCUT2D eigenvalue weighted by Gasteiger charge is -2.10. The number of amides is 1. The molecule has 0 spiro atoms. The lowest BCUT2D eigenvalue weighted by Crippen LogP contribution is -2.14. The minimum absolute atomic E-state index is 0.309. The molecule has 0 saturated heterocycles. The molecule has 2 nitrogen and oxygen atoms in total. The number of allylic oxidation sites excluding steroid dienone is 2. The molecule has 0 saturated carbocycles. The molecular formula is C29H43NO. The zero-order chi connectivity index (χ0) is 22.2. The van der Waals surface area contributed by atoms with Crippen molar-refractivity contribution in [3.63, 3.8) is 0 Å². The van der Waals surface area contributed by atoms with Crippen LogP contribution in [0, 0.1) is 0 Å². The van der Waals surface area contributed by atoms with E-state index in [2.05, 4.69) is 31.2 Å². The van der Waals surface area contributed by atoms with Crippen LogP contribution in [0.3, 0.4) is 0 Å². The largest absolute Gasteiger partial charge is 0.366 e. The first-order chi connectivity index (χ1) is 15.2. The maximum Gasteiger partial charge on any atom is 0.249 e. The minimum Gasteiger partial charge on any atom is -0.366 e. The quantitative estimate of drug-likeness (QED) is 0.202. The summed E-state index contributed by atoms with van der Waals surface area (Å²) >= 11 is 0. The fraction of sp³-hybridized carbons (Fsp3) is 0.552. The van der Waals surface area contributed by atoms with Crippen LogP contribution in [0.4, 0.5) is 0 Å². The predicted octanol–water partition coefficient (Wildman–Crippen LogP) is 8.52. The normalized spacial score (nSPS) is 11.5. The molecule has 170 valence electrons. The number of carbonyl (C=O) groups is 1. The van der Waals surface area contributed by atoms with Crippen molar-refractivity contribution in [2.75, 3.05) is 0 Å². The number of hydrogen-bond donors (Lipinski definition) is 1. The fourth-order valence-corrected chi connectivity index (χ4v) is 4.38. The molecule has 0 heterocycles. The van der Waals surface area contributed by atoms with Gasteiger partial charge in [-0.05, 0) is 54.9 Å². The highest BCUT2D eigenvalue weighted by Gasteiger charge is 2.12. The summed E-state index contributed by atoms with van der Waals surface area (Å²) in [6.07, 6.45) is 24.1. The first-order valence-electron chi connectivity index (χ1n) is 12.7. The highest BCUT2D eigenvalue weighted by Crippen LogP contribution is 2.24. The number of rotatable bonds is 17. The zero-order valence-electron chi connectivity index (χ0n) is 19.7. The summed E-state index contributed by atoms with van der Waals surface area (Å²) < 4.78 is 0. The first kappa shape index (κ1) is 25.2. The lowest BCUT2D eigenvalue weighted by molar-refractivity contribution is 0.100. The number of fused-ring (bicyclic) bond motifs is 1. The molecule has 0 aromatic heterocycles. The molecular weight excluding hydrogens is 378 g/mol. The maximum absolute atomic E-state index is 12.0. The molecule has 2 rings (SSSR count). The molecule has 0 fully saturated rings. The Labute approximate surface area is 190 Å². The fourth-order valence-electron chi connectivity index (χ4n) is 4.38. The van der Waals surface area contributed by atoms with Crippen LogP contribution in [0.1, 0.15) is 113 Å². The second-order valence-corrected chi connectivity index (χ2v) is 8.87. The highest BCUT2D eigenvalue weighted by molar-refractivity contribution is 6.07. The third-order valence-electron chi connectivity index (χ3n) is 6.22. The third kappa shape index (κ3) is 9.72. The average molecular weight is 422 g/mol. The van der Waals surface area contributed by atoms with E-state index >= 15 is 0 Å². The van der Waals surface area contributed by atoms with Crippen LogP contribution in [0.15, 0.2) is 48.6 Å². The van der Waals surface area contributed by atoms with Crippen LogP contribution in [0.5, 0.6) is 0 Å². The summed E-state index contributed by atoms with van der Waals surface area (Å²) in [6, 6.07) is 12.2. The standard InChI is InChI=1S/C29H43NO/c1-2-3-4-5-6-7-8-9-10-11-12-13-14-15-16-17-21-26-24-23-25-20-18-19-22-27(25)28(26)29(30)31/h9-10,18-20,22-24H,2-8,11-17,21H2,1H3,(H2,30,31)/b10-9-. The number of unbranched alkanes of at least 4 members (excludes halogenated alkanes) is 12. The summed E-state index contributed by atoms with van der Waals surface area (Å²) in [4.78, 5) is 12.0. The van der Waals surface area contributed by atoms with Gasteiger partial charge in [0.25, 0.3) is 0 Å². The van der Waals surface area contributed by atoms with Gasteiger partial charge in [-0.3, -0.25) is 4.79 Å². The van der Waals surface area contributed by atoms with E-state index in [9.17, 15) is 4.79 Å². The van der Waals surface area contributed by atoms with Crippen molar-refractivity contribution in [2.24, 2.45) is 5.73 Å². The second kappa shape index (κ2) is 15.7. The number of aryl methyl sites for hydroxylation is 1. The van der Waals surface area contributed by atoms with E-state index in [0.717, 1.165) is 29.2 Å². The molecule has 2 aromatic rings. The van der Waals surface area contributed by atoms with Gasteiger partial charge in [0.2, 0.25) is 5.91 Å². The molecule has 2 aromatic carbocycles. The van der Waals surface area contributed by atoms with Crippen LogP contribution < -0.4 is 5.73 Å². The number of benzene rings is 2.